The van der Waals surface area contributed by atoms with Crippen LogP contribution in [-0.2, 0) is 0 Å². The van der Waals surface area contributed by atoms with E-state index in [9.17, 15) is 5.11 Å². The SMILES string of the molecule is CC1(C)CCCCC1NC[C@H](O)CO. The third-order valence-electron chi connectivity index (χ3n) is 3.32. The van der Waals surface area contributed by atoms with E-state index in [4.69, 9.17) is 5.11 Å². The number of aliphatic hydroxyl groups excluding tert-OH is 2. The average Bonchev–Trinajstić information content (AvgIpc) is 2.15. The maximum Gasteiger partial charge on any atom is 0.0895 e. The molecule has 0 aliphatic heterocycles. The first kappa shape index (κ1) is 12.0. The standard InChI is InChI=1S/C11H23NO2/c1-11(2)6-4-3-5-10(11)12-7-9(14)8-13/h9-10,12-14H,3-8H2,1-2H3/t9-,10?/m0/s1. The lowest BCUT2D eigenvalue weighted by Crippen LogP contribution is -2.47. The normalized spacial score (nSPS) is 28.7. The summed E-state index contributed by atoms with van der Waals surface area (Å²) in [7, 11) is 0. The zero-order valence-corrected chi connectivity index (χ0v) is 9.29. The number of nitrogens with one attached hydrogen (secondary N) is 1. The zero-order chi connectivity index (χ0) is 10.6. The van der Waals surface area contributed by atoms with Crippen LogP contribution in [0.25, 0.3) is 0 Å². The van der Waals surface area contributed by atoms with Crippen molar-refractivity contribution in [3.63, 3.8) is 0 Å². The first-order chi connectivity index (χ1) is 6.56. The van der Waals surface area contributed by atoms with Crippen LogP contribution in [0.5, 0.6) is 0 Å². The Morgan fingerprint density at radius 2 is 2.14 bits per heavy atom. The summed E-state index contributed by atoms with van der Waals surface area (Å²) in [6, 6.07) is 0.484. The van der Waals surface area contributed by atoms with Crippen molar-refractivity contribution in [3.8, 4) is 0 Å². The predicted octanol–water partition coefficient (Wildman–Crippen LogP) is 0.898. The summed E-state index contributed by atoms with van der Waals surface area (Å²) in [5, 5.41) is 21.3. The molecule has 1 unspecified atom stereocenters. The molecule has 1 aliphatic rings. The van der Waals surface area contributed by atoms with Gasteiger partial charge in [0.15, 0.2) is 0 Å². The van der Waals surface area contributed by atoms with Crippen molar-refractivity contribution < 1.29 is 10.2 Å². The van der Waals surface area contributed by atoms with Gasteiger partial charge in [0.1, 0.15) is 0 Å². The van der Waals surface area contributed by atoms with Gasteiger partial charge in [-0.1, -0.05) is 26.7 Å². The van der Waals surface area contributed by atoms with Crippen LogP contribution in [0.2, 0.25) is 0 Å². The highest BCUT2D eigenvalue weighted by molar-refractivity contribution is 4.88. The van der Waals surface area contributed by atoms with E-state index in [1.807, 2.05) is 0 Å². The van der Waals surface area contributed by atoms with E-state index in [-0.39, 0.29) is 6.61 Å². The second-order valence-corrected chi connectivity index (χ2v) is 5.03. The minimum atomic E-state index is -0.618. The van der Waals surface area contributed by atoms with Gasteiger partial charge in [-0.05, 0) is 18.3 Å². The van der Waals surface area contributed by atoms with E-state index in [0.29, 0.717) is 18.0 Å². The molecule has 0 heterocycles. The topological polar surface area (TPSA) is 52.5 Å². The van der Waals surface area contributed by atoms with Crippen LogP contribution in [0.15, 0.2) is 0 Å². The Kier molecular flexibility index (Phi) is 4.35. The van der Waals surface area contributed by atoms with E-state index in [0.717, 1.165) is 0 Å². The highest BCUT2D eigenvalue weighted by Gasteiger charge is 2.31. The number of rotatable bonds is 4. The number of aliphatic hydroxyl groups is 2. The zero-order valence-electron chi connectivity index (χ0n) is 9.29. The van der Waals surface area contributed by atoms with Crippen LogP contribution < -0.4 is 5.32 Å². The minimum Gasteiger partial charge on any atom is -0.394 e. The number of hydrogen-bond donors (Lipinski definition) is 3. The summed E-state index contributed by atoms with van der Waals surface area (Å²) in [5.41, 5.74) is 0.327. The van der Waals surface area contributed by atoms with Gasteiger partial charge in [-0.2, -0.15) is 0 Å². The molecule has 1 aliphatic carbocycles. The molecule has 1 rings (SSSR count). The van der Waals surface area contributed by atoms with Gasteiger partial charge >= 0.3 is 0 Å². The smallest absolute Gasteiger partial charge is 0.0895 e. The molecule has 0 aromatic rings. The van der Waals surface area contributed by atoms with Crippen molar-refractivity contribution in [3.05, 3.63) is 0 Å². The maximum absolute atomic E-state index is 9.25. The van der Waals surface area contributed by atoms with Crippen molar-refractivity contribution in [2.75, 3.05) is 13.2 Å². The van der Waals surface area contributed by atoms with Crippen molar-refractivity contribution in [2.45, 2.75) is 51.7 Å². The van der Waals surface area contributed by atoms with Crippen molar-refractivity contribution >= 4 is 0 Å². The predicted molar refractivity (Wildman–Crippen MR) is 57.1 cm³/mol. The quantitative estimate of drug-likeness (QED) is 0.633. The van der Waals surface area contributed by atoms with Gasteiger partial charge in [-0.25, -0.2) is 0 Å². The molecule has 0 spiro atoms. The molecule has 1 fully saturated rings. The largest absolute Gasteiger partial charge is 0.394 e. The Morgan fingerprint density at radius 3 is 2.71 bits per heavy atom. The Labute approximate surface area is 86.5 Å². The van der Waals surface area contributed by atoms with Crippen molar-refractivity contribution in [2.24, 2.45) is 5.41 Å². The molecular weight excluding hydrogens is 178 g/mol. The Bertz CT molecular complexity index is 171. The molecular formula is C11H23NO2. The van der Waals surface area contributed by atoms with Crippen molar-refractivity contribution in [1.29, 1.82) is 0 Å². The summed E-state index contributed by atoms with van der Waals surface area (Å²) in [5.74, 6) is 0. The fourth-order valence-corrected chi connectivity index (χ4v) is 2.22. The molecule has 3 nitrogen and oxygen atoms in total. The van der Waals surface area contributed by atoms with E-state index in [1.165, 1.54) is 25.7 Å². The lowest BCUT2D eigenvalue weighted by Gasteiger charge is -2.39. The molecule has 2 atom stereocenters. The highest BCUT2D eigenvalue weighted by atomic mass is 16.3. The summed E-state index contributed by atoms with van der Waals surface area (Å²) in [4.78, 5) is 0. The lowest BCUT2D eigenvalue weighted by atomic mass is 9.73. The molecule has 0 aromatic carbocycles. The van der Waals surface area contributed by atoms with Crippen molar-refractivity contribution in [1.82, 2.24) is 5.32 Å². The van der Waals surface area contributed by atoms with Crippen LogP contribution in [-0.4, -0.2) is 35.5 Å². The van der Waals surface area contributed by atoms with Gasteiger partial charge in [-0.15, -0.1) is 0 Å². The van der Waals surface area contributed by atoms with Gasteiger partial charge < -0.3 is 15.5 Å². The van der Waals surface area contributed by atoms with Gasteiger partial charge in [-0.3, -0.25) is 0 Å². The Balaban J connectivity index is 2.34. The van der Waals surface area contributed by atoms with Gasteiger partial charge in [0.05, 0.1) is 12.7 Å². The molecule has 1 saturated carbocycles. The average molecular weight is 201 g/mol. The van der Waals surface area contributed by atoms with E-state index in [1.54, 1.807) is 0 Å². The lowest BCUT2D eigenvalue weighted by molar-refractivity contribution is 0.0788. The second kappa shape index (κ2) is 5.10. The van der Waals surface area contributed by atoms with E-state index < -0.39 is 6.10 Å². The monoisotopic (exact) mass is 201 g/mol. The molecule has 3 heteroatoms. The molecule has 0 aromatic heterocycles. The fraction of sp³-hybridized carbons (Fsp3) is 1.00. The van der Waals surface area contributed by atoms with E-state index in [2.05, 4.69) is 19.2 Å². The molecule has 0 saturated heterocycles. The van der Waals surface area contributed by atoms with Gasteiger partial charge in [0.25, 0.3) is 0 Å². The molecule has 0 amide bonds. The molecule has 14 heavy (non-hydrogen) atoms. The summed E-state index contributed by atoms with van der Waals surface area (Å²) >= 11 is 0. The summed E-state index contributed by atoms with van der Waals surface area (Å²) in [6.07, 6.45) is 4.41. The van der Waals surface area contributed by atoms with E-state index >= 15 is 0 Å². The fourth-order valence-electron chi connectivity index (χ4n) is 2.22. The molecule has 84 valence electrons. The number of hydrogen-bond acceptors (Lipinski definition) is 3. The summed E-state index contributed by atoms with van der Waals surface area (Å²) < 4.78 is 0. The third kappa shape index (κ3) is 3.23. The summed E-state index contributed by atoms with van der Waals surface area (Å²) in [6.45, 7) is 4.90. The molecule has 0 radical (unpaired) electrons. The second-order valence-electron chi connectivity index (χ2n) is 5.03. The van der Waals surface area contributed by atoms with Crippen LogP contribution >= 0.6 is 0 Å². The Morgan fingerprint density at radius 1 is 1.43 bits per heavy atom. The first-order valence-corrected chi connectivity index (χ1v) is 5.58. The van der Waals surface area contributed by atoms with Gasteiger partial charge in [0.2, 0.25) is 0 Å². The van der Waals surface area contributed by atoms with Crippen LogP contribution in [0.3, 0.4) is 0 Å². The Hall–Kier alpha value is -0.120. The maximum atomic E-state index is 9.25. The highest BCUT2D eigenvalue weighted by Crippen LogP contribution is 2.35. The minimum absolute atomic E-state index is 0.153. The first-order valence-electron chi connectivity index (χ1n) is 5.58. The van der Waals surface area contributed by atoms with Crippen LogP contribution in [0.1, 0.15) is 39.5 Å². The van der Waals surface area contributed by atoms with Crippen LogP contribution in [0, 0.1) is 5.41 Å². The third-order valence-corrected chi connectivity index (χ3v) is 3.32. The molecule has 0 bridgehead atoms. The van der Waals surface area contributed by atoms with Crippen LogP contribution in [0.4, 0.5) is 0 Å². The van der Waals surface area contributed by atoms with Gasteiger partial charge in [0, 0.05) is 12.6 Å². The molecule has 3 N–H and O–H groups in total.